The third kappa shape index (κ3) is 1.71. The average molecular weight is 216 g/mol. The Balaban J connectivity index is 1.97. The Morgan fingerprint density at radius 1 is 1.38 bits per heavy atom. The Kier molecular flexibility index (Phi) is 2.40. The minimum absolute atomic E-state index is 0.140. The van der Waals surface area contributed by atoms with Crippen molar-refractivity contribution >= 4 is 10.9 Å². The van der Waals surface area contributed by atoms with Crippen molar-refractivity contribution < 1.29 is 4.74 Å². The van der Waals surface area contributed by atoms with Crippen LogP contribution in [0.1, 0.15) is 31.1 Å². The van der Waals surface area contributed by atoms with E-state index in [0.717, 1.165) is 18.5 Å². The molecule has 0 bridgehead atoms. The topological polar surface area (TPSA) is 27.1 Å². The summed E-state index contributed by atoms with van der Waals surface area (Å²) in [5, 5.41) is 5.77. The highest BCUT2D eigenvalue weighted by molar-refractivity contribution is 5.78. The zero-order chi connectivity index (χ0) is 11.0. The molecule has 0 radical (unpaired) electrons. The van der Waals surface area contributed by atoms with Crippen molar-refractivity contribution in [1.82, 2.24) is 9.78 Å². The number of aryl methyl sites for hydroxylation is 1. The first-order valence-electron chi connectivity index (χ1n) is 5.90. The molecule has 1 aliphatic rings. The van der Waals surface area contributed by atoms with Crippen LogP contribution >= 0.6 is 0 Å². The Morgan fingerprint density at radius 2 is 2.31 bits per heavy atom. The molecule has 0 amide bonds. The van der Waals surface area contributed by atoms with E-state index in [4.69, 9.17) is 4.74 Å². The number of benzene rings is 1. The average Bonchev–Trinajstić information content (AvgIpc) is 2.73. The molecular formula is C13H16N2O. The van der Waals surface area contributed by atoms with Gasteiger partial charge in [-0.15, -0.1) is 0 Å². The molecule has 1 unspecified atom stereocenters. The van der Waals surface area contributed by atoms with Crippen LogP contribution in [0.2, 0.25) is 0 Å². The second kappa shape index (κ2) is 3.91. The van der Waals surface area contributed by atoms with E-state index in [2.05, 4.69) is 36.4 Å². The van der Waals surface area contributed by atoms with Gasteiger partial charge in [-0.05, 0) is 38.3 Å². The molecule has 84 valence electrons. The summed E-state index contributed by atoms with van der Waals surface area (Å²) in [6, 6.07) is 6.34. The van der Waals surface area contributed by atoms with Crippen molar-refractivity contribution in [2.24, 2.45) is 0 Å². The highest BCUT2D eigenvalue weighted by atomic mass is 16.5. The summed E-state index contributed by atoms with van der Waals surface area (Å²) in [5.74, 6) is 0. The van der Waals surface area contributed by atoms with Crippen LogP contribution in [-0.2, 0) is 4.74 Å². The molecule has 0 spiro atoms. The van der Waals surface area contributed by atoms with Gasteiger partial charge in [0.25, 0.3) is 0 Å². The van der Waals surface area contributed by atoms with Crippen LogP contribution in [0, 0.1) is 6.92 Å². The maximum Gasteiger partial charge on any atom is 0.150 e. The molecule has 2 heterocycles. The number of rotatable bonds is 1. The van der Waals surface area contributed by atoms with Crippen LogP contribution < -0.4 is 0 Å². The lowest BCUT2D eigenvalue weighted by Crippen LogP contribution is -2.18. The quantitative estimate of drug-likeness (QED) is 0.732. The van der Waals surface area contributed by atoms with E-state index in [0.29, 0.717) is 0 Å². The summed E-state index contributed by atoms with van der Waals surface area (Å²) in [6.45, 7) is 2.97. The lowest BCUT2D eigenvalue weighted by Gasteiger charge is -2.22. The van der Waals surface area contributed by atoms with Crippen molar-refractivity contribution in [1.29, 1.82) is 0 Å². The molecule has 3 heteroatoms. The van der Waals surface area contributed by atoms with Gasteiger partial charge in [0.05, 0.1) is 5.52 Å². The third-order valence-electron chi connectivity index (χ3n) is 3.13. The summed E-state index contributed by atoms with van der Waals surface area (Å²) in [6.07, 6.45) is 5.73. The Bertz CT molecular complexity index is 498. The monoisotopic (exact) mass is 216 g/mol. The van der Waals surface area contributed by atoms with Crippen LogP contribution in [0.3, 0.4) is 0 Å². The first-order valence-corrected chi connectivity index (χ1v) is 5.90. The minimum Gasteiger partial charge on any atom is -0.357 e. The lowest BCUT2D eigenvalue weighted by atomic mass is 10.2. The van der Waals surface area contributed by atoms with Crippen molar-refractivity contribution in [3.05, 3.63) is 30.0 Å². The number of ether oxygens (including phenoxy) is 1. The van der Waals surface area contributed by atoms with Crippen LogP contribution in [0.25, 0.3) is 10.9 Å². The number of hydrogen-bond acceptors (Lipinski definition) is 2. The molecule has 1 atom stereocenters. The van der Waals surface area contributed by atoms with Crippen molar-refractivity contribution in [2.45, 2.75) is 32.4 Å². The fourth-order valence-electron chi connectivity index (χ4n) is 2.24. The zero-order valence-corrected chi connectivity index (χ0v) is 9.52. The number of nitrogens with zero attached hydrogens (tertiary/aromatic N) is 2. The highest BCUT2D eigenvalue weighted by Crippen LogP contribution is 2.24. The maximum atomic E-state index is 5.72. The van der Waals surface area contributed by atoms with Gasteiger partial charge in [0.15, 0.2) is 0 Å². The Morgan fingerprint density at radius 3 is 3.12 bits per heavy atom. The summed E-state index contributed by atoms with van der Waals surface area (Å²) >= 11 is 0. The fourth-order valence-corrected chi connectivity index (χ4v) is 2.24. The molecule has 0 saturated carbocycles. The van der Waals surface area contributed by atoms with Gasteiger partial charge < -0.3 is 4.74 Å². The number of hydrogen-bond donors (Lipinski definition) is 0. The lowest BCUT2D eigenvalue weighted by molar-refractivity contribution is -0.0390. The molecule has 16 heavy (non-hydrogen) atoms. The second-order valence-corrected chi connectivity index (χ2v) is 4.49. The van der Waals surface area contributed by atoms with Gasteiger partial charge in [0, 0.05) is 18.2 Å². The summed E-state index contributed by atoms with van der Waals surface area (Å²) in [5.41, 5.74) is 2.33. The van der Waals surface area contributed by atoms with E-state index >= 15 is 0 Å². The van der Waals surface area contributed by atoms with Gasteiger partial charge in [0.2, 0.25) is 0 Å². The molecule has 1 aromatic heterocycles. The van der Waals surface area contributed by atoms with E-state index in [1.165, 1.54) is 23.8 Å². The van der Waals surface area contributed by atoms with Gasteiger partial charge >= 0.3 is 0 Å². The number of aromatic nitrogens is 2. The Labute approximate surface area is 95.0 Å². The van der Waals surface area contributed by atoms with Crippen molar-refractivity contribution in [3.63, 3.8) is 0 Å². The van der Waals surface area contributed by atoms with E-state index in [1.807, 2.05) is 4.68 Å². The highest BCUT2D eigenvalue weighted by Gasteiger charge is 2.16. The summed E-state index contributed by atoms with van der Waals surface area (Å²) in [7, 11) is 0. The van der Waals surface area contributed by atoms with Crippen molar-refractivity contribution in [2.75, 3.05) is 6.61 Å². The van der Waals surface area contributed by atoms with E-state index in [1.54, 1.807) is 0 Å². The first-order chi connectivity index (χ1) is 7.83. The zero-order valence-electron chi connectivity index (χ0n) is 9.52. The molecule has 3 rings (SSSR count). The molecule has 0 N–H and O–H groups in total. The molecule has 3 nitrogen and oxygen atoms in total. The van der Waals surface area contributed by atoms with Crippen molar-refractivity contribution in [3.8, 4) is 0 Å². The molecule has 1 fully saturated rings. The SMILES string of the molecule is Cc1ccc2nn(C3CCCCO3)cc2c1. The van der Waals surface area contributed by atoms with Gasteiger partial charge in [-0.25, -0.2) is 4.68 Å². The van der Waals surface area contributed by atoms with Gasteiger partial charge in [0.1, 0.15) is 6.23 Å². The standard InChI is InChI=1S/C13H16N2O/c1-10-5-6-12-11(8-10)9-15(14-12)13-4-2-3-7-16-13/h5-6,8-9,13H,2-4,7H2,1H3. The van der Waals surface area contributed by atoms with Gasteiger partial charge in [-0.3, -0.25) is 0 Å². The van der Waals surface area contributed by atoms with Gasteiger partial charge in [-0.2, -0.15) is 5.10 Å². The van der Waals surface area contributed by atoms with E-state index < -0.39 is 0 Å². The first kappa shape index (κ1) is 9.85. The van der Waals surface area contributed by atoms with Crippen LogP contribution in [0.5, 0.6) is 0 Å². The fraction of sp³-hybridized carbons (Fsp3) is 0.462. The normalized spacial score (nSPS) is 21.4. The van der Waals surface area contributed by atoms with Gasteiger partial charge in [-0.1, -0.05) is 11.6 Å². The third-order valence-corrected chi connectivity index (χ3v) is 3.13. The Hall–Kier alpha value is -1.35. The largest absolute Gasteiger partial charge is 0.357 e. The number of fused-ring (bicyclic) bond motifs is 1. The molecule has 2 aromatic rings. The van der Waals surface area contributed by atoms with E-state index in [-0.39, 0.29) is 6.23 Å². The molecule has 1 saturated heterocycles. The molecule has 0 aliphatic carbocycles. The predicted molar refractivity (Wildman–Crippen MR) is 63.3 cm³/mol. The van der Waals surface area contributed by atoms with Crippen LogP contribution in [-0.4, -0.2) is 16.4 Å². The maximum absolute atomic E-state index is 5.72. The van der Waals surface area contributed by atoms with Crippen LogP contribution in [0.15, 0.2) is 24.4 Å². The minimum atomic E-state index is 0.140. The second-order valence-electron chi connectivity index (χ2n) is 4.49. The van der Waals surface area contributed by atoms with E-state index in [9.17, 15) is 0 Å². The predicted octanol–water partition coefficient (Wildman–Crippen LogP) is 3.04. The summed E-state index contributed by atoms with van der Waals surface area (Å²) in [4.78, 5) is 0. The summed E-state index contributed by atoms with van der Waals surface area (Å²) < 4.78 is 7.70. The molecular weight excluding hydrogens is 200 g/mol. The van der Waals surface area contributed by atoms with Crippen LogP contribution in [0.4, 0.5) is 0 Å². The smallest absolute Gasteiger partial charge is 0.150 e. The molecule has 1 aliphatic heterocycles. The molecule has 1 aromatic carbocycles.